The van der Waals surface area contributed by atoms with Gasteiger partial charge >= 0.3 is 6.18 Å². The molecule has 1 aliphatic rings. The Balaban J connectivity index is 1.63. The lowest BCUT2D eigenvalue weighted by Crippen LogP contribution is -2.56. The van der Waals surface area contributed by atoms with Crippen LogP contribution in [-0.2, 0) is 6.42 Å². The Morgan fingerprint density at radius 1 is 1.14 bits per heavy atom. The van der Waals surface area contributed by atoms with E-state index in [4.69, 9.17) is 28.9 Å². The Bertz CT molecular complexity index is 1380. The summed E-state index contributed by atoms with van der Waals surface area (Å²) in [5.74, 6) is 0.375. The molecule has 36 heavy (non-hydrogen) atoms. The summed E-state index contributed by atoms with van der Waals surface area (Å²) in [6.45, 7) is -0.216. The monoisotopic (exact) mass is 541 g/mol. The first-order valence-electron chi connectivity index (χ1n) is 10.8. The predicted octanol–water partition coefficient (Wildman–Crippen LogP) is 2.42. The Morgan fingerprint density at radius 3 is 2.53 bits per heavy atom. The molecule has 0 atom stereocenters. The molecule has 1 aromatic carbocycles. The topological polar surface area (TPSA) is 129 Å². The molecule has 4 rings (SSSR count). The van der Waals surface area contributed by atoms with Crippen molar-refractivity contribution in [3.8, 4) is 6.07 Å². The van der Waals surface area contributed by atoms with Crippen LogP contribution in [0.2, 0.25) is 10.2 Å². The van der Waals surface area contributed by atoms with Crippen molar-refractivity contribution in [3.05, 3.63) is 50.1 Å². The van der Waals surface area contributed by atoms with E-state index < -0.39 is 18.3 Å². The van der Waals surface area contributed by atoms with Crippen molar-refractivity contribution in [2.24, 2.45) is 0 Å². The second kappa shape index (κ2) is 10.3. The van der Waals surface area contributed by atoms with Crippen molar-refractivity contribution in [1.82, 2.24) is 24.5 Å². The van der Waals surface area contributed by atoms with Gasteiger partial charge in [0.25, 0.3) is 5.56 Å². The highest BCUT2D eigenvalue weighted by atomic mass is 35.5. The summed E-state index contributed by atoms with van der Waals surface area (Å²) in [5, 5.41) is 14.3. The fourth-order valence-electron chi connectivity index (χ4n) is 4.00. The standard InChI is InChI=1S/C21H20Cl2F3N9O/c22-13-2-1-3-14-16(13)19(36)35(34-8-6-33(7-9-34)11-21(24,25)26)15(30-14)4-5-29-18-12(10-27)17(23)31-20(28)32-18/h1-3H,4-9,11H2,(H3,28,29,31,32). The van der Waals surface area contributed by atoms with E-state index in [9.17, 15) is 23.2 Å². The van der Waals surface area contributed by atoms with Crippen molar-refractivity contribution < 1.29 is 13.2 Å². The van der Waals surface area contributed by atoms with Gasteiger partial charge in [-0.2, -0.15) is 28.4 Å². The third kappa shape index (κ3) is 5.56. The second-order valence-corrected chi connectivity index (χ2v) is 8.77. The Morgan fingerprint density at radius 2 is 1.86 bits per heavy atom. The lowest BCUT2D eigenvalue weighted by atomic mass is 10.2. The number of hydrogen-bond acceptors (Lipinski definition) is 9. The highest BCUT2D eigenvalue weighted by Crippen LogP contribution is 2.22. The lowest BCUT2D eigenvalue weighted by molar-refractivity contribution is -0.146. The first kappa shape index (κ1) is 25.7. The Kier molecular flexibility index (Phi) is 7.39. The average Bonchev–Trinajstić information content (AvgIpc) is 2.79. The number of nitriles is 1. The van der Waals surface area contributed by atoms with Crippen LogP contribution in [0.15, 0.2) is 23.0 Å². The molecule has 3 aromatic rings. The number of halogens is 5. The molecule has 2 aromatic heterocycles. The summed E-state index contributed by atoms with van der Waals surface area (Å²) in [4.78, 5) is 27.1. The zero-order chi connectivity index (χ0) is 26.0. The third-order valence-corrected chi connectivity index (χ3v) is 6.15. The molecule has 10 nitrogen and oxygen atoms in total. The molecule has 0 amide bonds. The van der Waals surface area contributed by atoms with Gasteiger partial charge in [-0.05, 0) is 12.1 Å². The van der Waals surface area contributed by atoms with Gasteiger partial charge in [-0.15, -0.1) is 0 Å². The number of nitrogens with two attached hydrogens (primary N) is 1. The van der Waals surface area contributed by atoms with Gasteiger partial charge in [0.1, 0.15) is 17.5 Å². The van der Waals surface area contributed by atoms with E-state index in [-0.39, 0.29) is 72.0 Å². The molecule has 1 saturated heterocycles. The number of benzene rings is 1. The van der Waals surface area contributed by atoms with Crippen LogP contribution in [0.4, 0.5) is 24.9 Å². The molecule has 1 fully saturated rings. The summed E-state index contributed by atoms with van der Waals surface area (Å²) in [5.41, 5.74) is 5.61. The van der Waals surface area contributed by atoms with Gasteiger partial charge in [0.15, 0.2) is 11.0 Å². The quantitative estimate of drug-likeness (QED) is 0.452. The maximum absolute atomic E-state index is 13.5. The van der Waals surface area contributed by atoms with E-state index in [2.05, 4.69) is 20.3 Å². The number of hydrogen-bond donors (Lipinski definition) is 2. The molecule has 0 spiro atoms. The molecule has 0 unspecified atom stereocenters. The smallest absolute Gasteiger partial charge is 0.368 e. The van der Waals surface area contributed by atoms with Gasteiger partial charge in [-0.25, -0.2) is 9.66 Å². The summed E-state index contributed by atoms with van der Waals surface area (Å²) in [7, 11) is 0. The zero-order valence-corrected chi connectivity index (χ0v) is 20.2. The van der Waals surface area contributed by atoms with Crippen molar-refractivity contribution in [3.63, 3.8) is 0 Å². The van der Waals surface area contributed by atoms with Gasteiger partial charge < -0.3 is 16.1 Å². The molecule has 3 N–H and O–H groups in total. The molecule has 0 radical (unpaired) electrons. The molecular weight excluding hydrogens is 522 g/mol. The van der Waals surface area contributed by atoms with Crippen molar-refractivity contribution in [1.29, 1.82) is 5.26 Å². The minimum atomic E-state index is -4.30. The lowest BCUT2D eigenvalue weighted by Gasteiger charge is -2.37. The van der Waals surface area contributed by atoms with E-state index >= 15 is 0 Å². The first-order valence-corrected chi connectivity index (χ1v) is 11.5. The SMILES string of the molecule is N#Cc1c(Cl)nc(N)nc1NCCc1nc2cccc(Cl)c2c(=O)n1N1CCN(CC(F)(F)F)CC1. The molecular formula is C21H20Cl2F3N9O. The van der Waals surface area contributed by atoms with Gasteiger partial charge in [-0.1, -0.05) is 29.3 Å². The molecule has 3 heterocycles. The Hall–Kier alpha value is -3.34. The van der Waals surface area contributed by atoms with E-state index in [1.54, 1.807) is 23.2 Å². The van der Waals surface area contributed by atoms with Gasteiger partial charge in [0.2, 0.25) is 5.95 Å². The van der Waals surface area contributed by atoms with Crippen LogP contribution in [0, 0.1) is 11.3 Å². The summed E-state index contributed by atoms with van der Waals surface area (Å²) < 4.78 is 39.8. The van der Waals surface area contributed by atoms with Crippen LogP contribution < -0.4 is 21.6 Å². The van der Waals surface area contributed by atoms with Crippen molar-refractivity contribution in [2.75, 3.05) is 55.3 Å². The van der Waals surface area contributed by atoms with E-state index in [0.29, 0.717) is 11.3 Å². The van der Waals surface area contributed by atoms with Gasteiger partial charge in [0.05, 0.1) is 22.5 Å². The van der Waals surface area contributed by atoms with Gasteiger partial charge in [-0.3, -0.25) is 9.69 Å². The molecule has 1 aliphatic heterocycles. The first-order chi connectivity index (χ1) is 17.1. The van der Waals surface area contributed by atoms with Crippen LogP contribution in [0.5, 0.6) is 0 Å². The minimum absolute atomic E-state index is 0.0160. The number of fused-ring (bicyclic) bond motifs is 1. The molecule has 190 valence electrons. The summed E-state index contributed by atoms with van der Waals surface area (Å²) in [6, 6.07) is 6.81. The highest BCUT2D eigenvalue weighted by Gasteiger charge is 2.32. The highest BCUT2D eigenvalue weighted by molar-refractivity contribution is 6.35. The normalized spacial score (nSPS) is 14.7. The molecule has 0 saturated carbocycles. The van der Waals surface area contributed by atoms with Gasteiger partial charge in [0, 0.05) is 39.1 Å². The number of rotatable bonds is 6. The number of anilines is 2. The number of piperazine rings is 1. The fourth-order valence-corrected chi connectivity index (χ4v) is 4.47. The van der Waals surface area contributed by atoms with Crippen LogP contribution >= 0.6 is 23.2 Å². The average molecular weight is 542 g/mol. The minimum Gasteiger partial charge on any atom is -0.368 e. The maximum atomic E-state index is 13.5. The third-order valence-electron chi connectivity index (χ3n) is 5.56. The van der Waals surface area contributed by atoms with Crippen molar-refractivity contribution in [2.45, 2.75) is 12.6 Å². The Labute approximate surface area is 213 Å². The van der Waals surface area contributed by atoms with Crippen LogP contribution in [0.1, 0.15) is 11.4 Å². The largest absolute Gasteiger partial charge is 0.401 e. The van der Waals surface area contributed by atoms with E-state index in [1.807, 2.05) is 6.07 Å². The van der Waals surface area contributed by atoms with E-state index in [1.165, 1.54) is 9.58 Å². The zero-order valence-electron chi connectivity index (χ0n) is 18.7. The maximum Gasteiger partial charge on any atom is 0.401 e. The van der Waals surface area contributed by atoms with Crippen LogP contribution in [0.3, 0.4) is 0 Å². The summed E-state index contributed by atoms with van der Waals surface area (Å²) in [6.07, 6.45) is -4.10. The molecule has 15 heteroatoms. The molecule has 0 bridgehead atoms. The summed E-state index contributed by atoms with van der Waals surface area (Å²) >= 11 is 12.2. The van der Waals surface area contributed by atoms with E-state index in [0.717, 1.165) is 0 Å². The number of alkyl halides is 3. The predicted molar refractivity (Wildman–Crippen MR) is 130 cm³/mol. The number of aromatic nitrogens is 4. The number of nitrogen functional groups attached to an aromatic ring is 1. The van der Waals surface area contributed by atoms with Crippen LogP contribution in [0.25, 0.3) is 10.9 Å². The number of nitrogens with zero attached hydrogens (tertiary/aromatic N) is 7. The van der Waals surface area contributed by atoms with Crippen molar-refractivity contribution >= 4 is 45.9 Å². The van der Waals surface area contributed by atoms with Crippen LogP contribution in [-0.4, -0.2) is 70.0 Å². The number of nitrogens with one attached hydrogen (secondary N) is 1. The molecule has 0 aliphatic carbocycles. The second-order valence-electron chi connectivity index (χ2n) is 8.01. The fraction of sp³-hybridized carbons (Fsp3) is 0.381.